The van der Waals surface area contributed by atoms with Crippen molar-refractivity contribution in [2.45, 2.75) is 64.8 Å². The maximum atomic E-state index is 5.39. The van der Waals surface area contributed by atoms with Crippen molar-refractivity contribution in [1.82, 2.24) is 0 Å². The average Bonchev–Trinajstić information content (AvgIpc) is 2.16. The van der Waals surface area contributed by atoms with Crippen LogP contribution in [0.5, 0.6) is 0 Å². The SMILES string of the molecule is CCCCCCCC1=NC(C)(C)C=CO1. The van der Waals surface area contributed by atoms with E-state index in [1.807, 2.05) is 6.08 Å². The van der Waals surface area contributed by atoms with Gasteiger partial charge in [-0.15, -0.1) is 0 Å². The molecule has 1 aliphatic heterocycles. The molecule has 15 heavy (non-hydrogen) atoms. The van der Waals surface area contributed by atoms with Gasteiger partial charge in [-0.3, -0.25) is 0 Å². The molecule has 0 aliphatic carbocycles. The zero-order chi connectivity index (χ0) is 11.1. The van der Waals surface area contributed by atoms with Crippen LogP contribution >= 0.6 is 0 Å². The van der Waals surface area contributed by atoms with E-state index < -0.39 is 0 Å². The Morgan fingerprint density at radius 1 is 1.20 bits per heavy atom. The third-order valence-electron chi connectivity index (χ3n) is 2.59. The zero-order valence-electron chi connectivity index (χ0n) is 10.3. The first-order valence-electron chi connectivity index (χ1n) is 6.07. The Morgan fingerprint density at radius 2 is 1.93 bits per heavy atom. The first-order chi connectivity index (χ1) is 7.14. The summed E-state index contributed by atoms with van der Waals surface area (Å²) in [6.07, 6.45) is 11.2. The molecular weight excluding hydrogens is 186 g/mol. The van der Waals surface area contributed by atoms with E-state index in [0.717, 1.165) is 12.3 Å². The summed E-state index contributed by atoms with van der Waals surface area (Å²) in [5.74, 6) is 0.902. The van der Waals surface area contributed by atoms with Crippen LogP contribution in [-0.4, -0.2) is 11.4 Å². The van der Waals surface area contributed by atoms with Crippen molar-refractivity contribution in [1.29, 1.82) is 0 Å². The smallest absolute Gasteiger partial charge is 0.190 e. The van der Waals surface area contributed by atoms with Crippen LogP contribution in [0.3, 0.4) is 0 Å². The summed E-state index contributed by atoms with van der Waals surface area (Å²) >= 11 is 0. The van der Waals surface area contributed by atoms with Crippen LogP contribution in [0.4, 0.5) is 0 Å². The molecule has 0 aromatic rings. The normalized spacial score (nSPS) is 18.5. The Balaban J connectivity index is 2.19. The molecule has 0 spiro atoms. The summed E-state index contributed by atoms with van der Waals surface area (Å²) in [6, 6.07) is 0. The van der Waals surface area contributed by atoms with E-state index in [0.29, 0.717) is 0 Å². The van der Waals surface area contributed by atoms with E-state index in [4.69, 9.17) is 4.74 Å². The molecule has 86 valence electrons. The molecule has 1 rings (SSSR count). The number of hydrogen-bond acceptors (Lipinski definition) is 2. The molecule has 0 radical (unpaired) electrons. The lowest BCUT2D eigenvalue weighted by molar-refractivity contribution is 0.409. The number of rotatable bonds is 6. The van der Waals surface area contributed by atoms with Crippen molar-refractivity contribution < 1.29 is 4.74 Å². The fraction of sp³-hybridized carbons (Fsp3) is 0.769. The van der Waals surface area contributed by atoms with Gasteiger partial charge in [-0.2, -0.15) is 0 Å². The third kappa shape index (κ3) is 5.01. The fourth-order valence-electron chi connectivity index (χ4n) is 1.66. The minimum atomic E-state index is -0.0724. The molecule has 0 N–H and O–H groups in total. The molecule has 0 bridgehead atoms. The van der Waals surface area contributed by atoms with Crippen LogP contribution in [0.25, 0.3) is 0 Å². The molecule has 0 amide bonds. The van der Waals surface area contributed by atoms with Crippen LogP contribution in [0.1, 0.15) is 59.3 Å². The van der Waals surface area contributed by atoms with E-state index in [9.17, 15) is 0 Å². The molecule has 1 heterocycles. The Morgan fingerprint density at radius 3 is 2.60 bits per heavy atom. The van der Waals surface area contributed by atoms with Gasteiger partial charge in [-0.05, 0) is 26.3 Å². The Bertz CT molecular complexity index is 241. The van der Waals surface area contributed by atoms with Gasteiger partial charge >= 0.3 is 0 Å². The summed E-state index contributed by atoms with van der Waals surface area (Å²) in [6.45, 7) is 6.44. The monoisotopic (exact) mass is 209 g/mol. The third-order valence-corrected chi connectivity index (χ3v) is 2.59. The standard InChI is InChI=1S/C13H23NO/c1-4-5-6-7-8-9-12-14-13(2,3)10-11-15-12/h10-11H,4-9H2,1-3H3. The Hall–Kier alpha value is -0.790. The number of hydrogen-bond donors (Lipinski definition) is 0. The molecule has 0 aromatic heterocycles. The molecule has 0 saturated carbocycles. The van der Waals surface area contributed by atoms with E-state index >= 15 is 0 Å². The molecular formula is C13H23NO. The average molecular weight is 209 g/mol. The highest BCUT2D eigenvalue weighted by atomic mass is 16.5. The van der Waals surface area contributed by atoms with Gasteiger partial charge in [-0.1, -0.05) is 32.6 Å². The van der Waals surface area contributed by atoms with Crippen molar-refractivity contribution >= 4 is 5.90 Å². The van der Waals surface area contributed by atoms with E-state index in [2.05, 4.69) is 25.8 Å². The first kappa shape index (κ1) is 12.3. The maximum Gasteiger partial charge on any atom is 0.190 e. The van der Waals surface area contributed by atoms with Gasteiger partial charge < -0.3 is 4.74 Å². The van der Waals surface area contributed by atoms with E-state index in [-0.39, 0.29) is 5.54 Å². The Labute approximate surface area is 93.4 Å². The molecule has 2 heteroatoms. The second-order valence-electron chi connectivity index (χ2n) is 4.74. The molecule has 0 saturated heterocycles. The van der Waals surface area contributed by atoms with Crippen LogP contribution < -0.4 is 0 Å². The number of nitrogens with zero attached hydrogens (tertiary/aromatic N) is 1. The summed E-state index contributed by atoms with van der Waals surface area (Å²) < 4.78 is 5.39. The number of unbranched alkanes of at least 4 members (excludes halogenated alkanes) is 4. The highest BCUT2D eigenvalue weighted by molar-refractivity contribution is 5.78. The Kier molecular flexibility index (Phi) is 4.86. The van der Waals surface area contributed by atoms with Gasteiger partial charge in [0, 0.05) is 6.42 Å². The van der Waals surface area contributed by atoms with Gasteiger partial charge in [0.15, 0.2) is 5.90 Å². The van der Waals surface area contributed by atoms with Crippen molar-refractivity contribution in [3.63, 3.8) is 0 Å². The first-order valence-corrected chi connectivity index (χ1v) is 6.07. The predicted molar refractivity (Wildman–Crippen MR) is 65.1 cm³/mol. The highest BCUT2D eigenvalue weighted by Crippen LogP contribution is 2.18. The minimum Gasteiger partial charge on any atom is -0.451 e. The lowest BCUT2D eigenvalue weighted by atomic mass is 10.1. The van der Waals surface area contributed by atoms with Crippen molar-refractivity contribution in [2.24, 2.45) is 4.99 Å². The summed E-state index contributed by atoms with van der Waals surface area (Å²) in [5, 5.41) is 0. The largest absolute Gasteiger partial charge is 0.451 e. The van der Waals surface area contributed by atoms with Gasteiger partial charge in [0.2, 0.25) is 0 Å². The van der Waals surface area contributed by atoms with Gasteiger partial charge in [0.1, 0.15) is 0 Å². The summed E-state index contributed by atoms with van der Waals surface area (Å²) in [4.78, 5) is 4.54. The molecule has 2 nitrogen and oxygen atoms in total. The topological polar surface area (TPSA) is 21.6 Å². The molecule has 0 atom stereocenters. The van der Waals surface area contributed by atoms with E-state index in [1.165, 1.54) is 32.1 Å². The summed E-state index contributed by atoms with van der Waals surface area (Å²) in [5.41, 5.74) is -0.0724. The van der Waals surface area contributed by atoms with Crippen LogP contribution in [0, 0.1) is 0 Å². The fourth-order valence-corrected chi connectivity index (χ4v) is 1.66. The second-order valence-corrected chi connectivity index (χ2v) is 4.74. The molecule has 0 unspecified atom stereocenters. The van der Waals surface area contributed by atoms with Crippen molar-refractivity contribution in [3.8, 4) is 0 Å². The van der Waals surface area contributed by atoms with Crippen LogP contribution in [-0.2, 0) is 4.74 Å². The second kappa shape index (κ2) is 5.94. The number of aliphatic imine (C=N–C) groups is 1. The lowest BCUT2D eigenvalue weighted by Gasteiger charge is -2.20. The minimum absolute atomic E-state index is 0.0724. The van der Waals surface area contributed by atoms with Crippen molar-refractivity contribution in [2.75, 3.05) is 0 Å². The maximum absolute atomic E-state index is 5.39. The van der Waals surface area contributed by atoms with E-state index in [1.54, 1.807) is 6.26 Å². The van der Waals surface area contributed by atoms with Gasteiger partial charge in [-0.25, -0.2) is 4.99 Å². The highest BCUT2D eigenvalue weighted by Gasteiger charge is 2.17. The van der Waals surface area contributed by atoms with Gasteiger partial charge in [0.05, 0.1) is 11.8 Å². The molecule has 0 aromatic carbocycles. The molecule has 1 aliphatic rings. The van der Waals surface area contributed by atoms with Crippen LogP contribution in [0.15, 0.2) is 17.3 Å². The van der Waals surface area contributed by atoms with Crippen molar-refractivity contribution in [3.05, 3.63) is 12.3 Å². The quantitative estimate of drug-likeness (QED) is 0.604. The summed E-state index contributed by atoms with van der Waals surface area (Å²) in [7, 11) is 0. The molecule has 0 fully saturated rings. The number of ether oxygens (including phenoxy) is 1. The lowest BCUT2D eigenvalue weighted by Crippen LogP contribution is -2.20. The predicted octanol–water partition coefficient (Wildman–Crippen LogP) is 4.07. The van der Waals surface area contributed by atoms with Crippen LogP contribution in [0.2, 0.25) is 0 Å². The zero-order valence-corrected chi connectivity index (χ0v) is 10.3. The van der Waals surface area contributed by atoms with Gasteiger partial charge in [0.25, 0.3) is 0 Å².